The van der Waals surface area contributed by atoms with Crippen molar-refractivity contribution in [2.24, 2.45) is 5.92 Å². The van der Waals surface area contributed by atoms with Crippen LogP contribution in [0.15, 0.2) is 18.2 Å². The average molecular weight is 291 g/mol. The normalized spacial score (nSPS) is 25.2. The molecule has 2 atom stereocenters. The number of ether oxygens (including phenoxy) is 2. The van der Waals surface area contributed by atoms with Gasteiger partial charge in [0.2, 0.25) is 0 Å². The first-order valence-electron chi connectivity index (χ1n) is 7.99. The molecule has 0 spiro atoms. The molecule has 1 aliphatic rings. The van der Waals surface area contributed by atoms with Crippen molar-refractivity contribution in [2.75, 3.05) is 33.9 Å². The molecule has 0 aliphatic heterocycles. The molecule has 3 nitrogen and oxygen atoms in total. The molecule has 0 amide bonds. The van der Waals surface area contributed by atoms with Crippen molar-refractivity contribution < 1.29 is 9.47 Å². The van der Waals surface area contributed by atoms with Crippen LogP contribution in [0.3, 0.4) is 0 Å². The van der Waals surface area contributed by atoms with Gasteiger partial charge >= 0.3 is 0 Å². The van der Waals surface area contributed by atoms with E-state index in [1.165, 1.54) is 30.4 Å². The summed E-state index contributed by atoms with van der Waals surface area (Å²) in [5.74, 6) is 1.70. The number of nitrogens with one attached hydrogen (secondary N) is 1. The Morgan fingerprint density at radius 1 is 1.33 bits per heavy atom. The van der Waals surface area contributed by atoms with Crippen LogP contribution in [0, 0.1) is 12.8 Å². The fourth-order valence-corrected chi connectivity index (χ4v) is 3.66. The molecular formula is C18H29NO2. The van der Waals surface area contributed by atoms with Crippen molar-refractivity contribution in [3.8, 4) is 5.75 Å². The van der Waals surface area contributed by atoms with Crippen LogP contribution in [-0.2, 0) is 10.2 Å². The molecule has 118 valence electrons. The third-order valence-electron chi connectivity index (χ3n) is 5.11. The number of methoxy groups -OCH3 is 2. The topological polar surface area (TPSA) is 30.5 Å². The second-order valence-electron chi connectivity index (χ2n) is 6.30. The van der Waals surface area contributed by atoms with Crippen molar-refractivity contribution in [1.29, 1.82) is 0 Å². The van der Waals surface area contributed by atoms with Crippen LogP contribution in [0.4, 0.5) is 0 Å². The van der Waals surface area contributed by atoms with Crippen LogP contribution in [0.1, 0.15) is 37.3 Å². The Morgan fingerprint density at radius 3 is 2.76 bits per heavy atom. The quantitative estimate of drug-likeness (QED) is 0.782. The highest BCUT2D eigenvalue weighted by Gasteiger charge is 2.41. The van der Waals surface area contributed by atoms with Crippen molar-refractivity contribution in [1.82, 2.24) is 5.32 Å². The van der Waals surface area contributed by atoms with E-state index in [1.54, 1.807) is 14.2 Å². The Kier molecular flexibility index (Phi) is 5.65. The maximum absolute atomic E-state index is 5.53. The van der Waals surface area contributed by atoms with Gasteiger partial charge in [-0.15, -0.1) is 0 Å². The number of rotatable bonds is 7. The highest BCUT2D eigenvalue weighted by Crippen LogP contribution is 2.46. The summed E-state index contributed by atoms with van der Waals surface area (Å²) < 4.78 is 10.7. The van der Waals surface area contributed by atoms with E-state index in [1.807, 2.05) is 0 Å². The maximum Gasteiger partial charge on any atom is 0.122 e. The molecule has 0 bridgehead atoms. The standard InChI is InChI=1S/C18H29NO2/c1-14-7-8-16(12-17(14)21-4)18(9-5-6-15(18)2)13-19-10-11-20-3/h7-8,12,15,19H,5-6,9-11,13H2,1-4H3. The van der Waals surface area contributed by atoms with Gasteiger partial charge < -0.3 is 14.8 Å². The van der Waals surface area contributed by atoms with Crippen molar-refractivity contribution in [3.63, 3.8) is 0 Å². The van der Waals surface area contributed by atoms with Gasteiger partial charge in [0.25, 0.3) is 0 Å². The maximum atomic E-state index is 5.53. The summed E-state index contributed by atoms with van der Waals surface area (Å²) in [6.45, 7) is 7.18. The zero-order valence-corrected chi connectivity index (χ0v) is 13.9. The SMILES string of the molecule is COCCNCC1(c2ccc(C)c(OC)c2)CCCC1C. The molecule has 21 heavy (non-hydrogen) atoms. The fraction of sp³-hybridized carbons (Fsp3) is 0.667. The second kappa shape index (κ2) is 7.28. The van der Waals surface area contributed by atoms with E-state index in [2.05, 4.69) is 37.4 Å². The first-order chi connectivity index (χ1) is 10.1. The van der Waals surface area contributed by atoms with Crippen LogP contribution >= 0.6 is 0 Å². The third kappa shape index (κ3) is 3.41. The van der Waals surface area contributed by atoms with Gasteiger partial charge in [0.05, 0.1) is 13.7 Å². The summed E-state index contributed by atoms with van der Waals surface area (Å²) in [5, 5.41) is 3.58. The number of hydrogen-bond donors (Lipinski definition) is 1. The number of aryl methyl sites for hydroxylation is 1. The smallest absolute Gasteiger partial charge is 0.122 e. The monoisotopic (exact) mass is 291 g/mol. The highest BCUT2D eigenvalue weighted by molar-refractivity contribution is 5.41. The van der Waals surface area contributed by atoms with Gasteiger partial charge in [-0.1, -0.05) is 25.5 Å². The first kappa shape index (κ1) is 16.3. The van der Waals surface area contributed by atoms with E-state index in [9.17, 15) is 0 Å². The van der Waals surface area contributed by atoms with Gasteiger partial charge in [0.1, 0.15) is 5.75 Å². The Hall–Kier alpha value is -1.06. The van der Waals surface area contributed by atoms with Crippen LogP contribution < -0.4 is 10.1 Å². The summed E-state index contributed by atoms with van der Waals surface area (Å²) >= 11 is 0. The Bertz CT molecular complexity index is 461. The zero-order chi connectivity index (χ0) is 15.3. The number of hydrogen-bond acceptors (Lipinski definition) is 3. The van der Waals surface area contributed by atoms with Gasteiger partial charge in [-0.3, -0.25) is 0 Å². The van der Waals surface area contributed by atoms with E-state index in [-0.39, 0.29) is 5.41 Å². The molecule has 2 rings (SSSR count). The molecule has 1 N–H and O–H groups in total. The van der Waals surface area contributed by atoms with Crippen molar-refractivity contribution >= 4 is 0 Å². The lowest BCUT2D eigenvalue weighted by Crippen LogP contribution is -2.41. The summed E-state index contributed by atoms with van der Waals surface area (Å²) in [7, 11) is 3.51. The lowest BCUT2D eigenvalue weighted by molar-refractivity contribution is 0.194. The average Bonchev–Trinajstić information content (AvgIpc) is 2.86. The lowest BCUT2D eigenvalue weighted by Gasteiger charge is -2.35. The van der Waals surface area contributed by atoms with Gasteiger partial charge in [-0.2, -0.15) is 0 Å². The van der Waals surface area contributed by atoms with E-state index >= 15 is 0 Å². The minimum absolute atomic E-state index is 0.231. The zero-order valence-electron chi connectivity index (χ0n) is 13.9. The summed E-state index contributed by atoms with van der Waals surface area (Å²) in [4.78, 5) is 0. The van der Waals surface area contributed by atoms with Crippen LogP contribution in [0.25, 0.3) is 0 Å². The van der Waals surface area contributed by atoms with Gasteiger partial charge in [-0.25, -0.2) is 0 Å². The molecule has 1 fully saturated rings. The van der Waals surface area contributed by atoms with Crippen molar-refractivity contribution in [2.45, 2.75) is 38.5 Å². The predicted octanol–water partition coefficient (Wildman–Crippen LogP) is 3.30. The molecule has 2 unspecified atom stereocenters. The molecule has 3 heteroatoms. The van der Waals surface area contributed by atoms with Crippen LogP contribution in [0.2, 0.25) is 0 Å². The fourth-order valence-electron chi connectivity index (χ4n) is 3.66. The molecule has 0 heterocycles. The molecule has 1 saturated carbocycles. The highest BCUT2D eigenvalue weighted by atomic mass is 16.5. The van der Waals surface area contributed by atoms with Gasteiger partial charge in [-0.05, 0) is 42.9 Å². The Balaban J connectivity index is 2.23. The number of benzene rings is 1. The van der Waals surface area contributed by atoms with Gasteiger partial charge in [0.15, 0.2) is 0 Å². The summed E-state index contributed by atoms with van der Waals surface area (Å²) in [6, 6.07) is 6.73. The van der Waals surface area contributed by atoms with Crippen LogP contribution in [-0.4, -0.2) is 33.9 Å². The molecule has 0 aromatic heterocycles. The largest absolute Gasteiger partial charge is 0.496 e. The minimum atomic E-state index is 0.231. The second-order valence-corrected chi connectivity index (χ2v) is 6.30. The molecule has 1 aromatic carbocycles. The summed E-state index contributed by atoms with van der Waals surface area (Å²) in [5.41, 5.74) is 2.85. The summed E-state index contributed by atoms with van der Waals surface area (Å²) in [6.07, 6.45) is 3.87. The third-order valence-corrected chi connectivity index (χ3v) is 5.11. The van der Waals surface area contributed by atoms with E-state index < -0.39 is 0 Å². The van der Waals surface area contributed by atoms with E-state index in [0.29, 0.717) is 5.92 Å². The predicted molar refractivity (Wildman–Crippen MR) is 87.2 cm³/mol. The van der Waals surface area contributed by atoms with E-state index in [4.69, 9.17) is 9.47 Å². The van der Waals surface area contributed by atoms with Crippen LogP contribution in [0.5, 0.6) is 5.75 Å². The molecule has 1 aliphatic carbocycles. The van der Waals surface area contributed by atoms with Crippen molar-refractivity contribution in [3.05, 3.63) is 29.3 Å². The minimum Gasteiger partial charge on any atom is -0.496 e. The lowest BCUT2D eigenvalue weighted by atomic mass is 9.72. The molecular weight excluding hydrogens is 262 g/mol. The molecule has 1 aromatic rings. The Morgan fingerprint density at radius 2 is 2.14 bits per heavy atom. The van der Waals surface area contributed by atoms with E-state index in [0.717, 1.165) is 25.4 Å². The Labute approximate surface area is 129 Å². The van der Waals surface area contributed by atoms with Gasteiger partial charge in [0, 0.05) is 25.6 Å². The molecule has 0 saturated heterocycles. The molecule has 0 radical (unpaired) electrons. The first-order valence-corrected chi connectivity index (χ1v) is 7.99.